The van der Waals surface area contributed by atoms with Gasteiger partial charge in [0.2, 0.25) is 4.77 Å². The van der Waals surface area contributed by atoms with Crippen LogP contribution >= 0.6 is 24.0 Å². The van der Waals surface area contributed by atoms with E-state index in [0.29, 0.717) is 10.7 Å². The zero-order valence-corrected chi connectivity index (χ0v) is 8.71. The number of hydrogen-bond donors (Lipinski definition) is 2. The topological polar surface area (TPSA) is 59.6 Å². The fourth-order valence-electron chi connectivity index (χ4n) is 0.989. The average Bonchev–Trinajstić information content (AvgIpc) is 2.34. The van der Waals surface area contributed by atoms with Crippen LogP contribution in [-0.2, 0) is 0 Å². The third kappa shape index (κ3) is 1.81. The molecule has 0 radical (unpaired) electrons. The highest BCUT2D eigenvalue weighted by atomic mass is 32.2. The number of rotatable bonds is 3. The van der Waals surface area contributed by atoms with Crippen molar-refractivity contribution in [2.24, 2.45) is 0 Å². The van der Waals surface area contributed by atoms with Crippen LogP contribution in [0.15, 0.2) is 0 Å². The molecule has 0 aliphatic heterocycles. The molecule has 0 aromatic carbocycles. The van der Waals surface area contributed by atoms with Gasteiger partial charge in [-0.15, -0.1) is 0 Å². The van der Waals surface area contributed by atoms with Crippen LogP contribution < -0.4 is 5.84 Å². The number of hydrogen-bond acceptors (Lipinski definition) is 4. The average molecular weight is 204 g/mol. The number of nitrogens with two attached hydrogens (primary N) is 1. The zero-order valence-electron chi connectivity index (χ0n) is 7.07. The quantitative estimate of drug-likeness (QED) is 0.572. The standard InChI is InChI=1S/C6H12N4S2/c1-4(3-12-2)5-8-9-6(11)10(5)7/h4H,3,7H2,1-2H3,(H,9,11). The second-order valence-electron chi connectivity index (χ2n) is 2.61. The van der Waals surface area contributed by atoms with Crippen LogP contribution in [0.4, 0.5) is 0 Å². The Balaban J connectivity index is 2.87. The third-order valence-corrected chi connectivity index (χ3v) is 2.71. The van der Waals surface area contributed by atoms with E-state index in [1.54, 1.807) is 11.8 Å². The Morgan fingerprint density at radius 3 is 2.92 bits per heavy atom. The van der Waals surface area contributed by atoms with Crippen LogP contribution in [-0.4, -0.2) is 26.9 Å². The first kappa shape index (κ1) is 9.60. The number of nitrogens with zero attached hydrogens (tertiary/aromatic N) is 2. The summed E-state index contributed by atoms with van der Waals surface area (Å²) in [4.78, 5) is 0. The fraction of sp³-hybridized carbons (Fsp3) is 0.667. The Kier molecular flexibility index (Phi) is 3.16. The molecule has 1 heterocycles. The summed E-state index contributed by atoms with van der Waals surface area (Å²) in [5.74, 6) is 7.79. The molecule has 0 saturated heterocycles. The Bertz CT molecular complexity index is 303. The van der Waals surface area contributed by atoms with Gasteiger partial charge in [-0.2, -0.15) is 16.9 Å². The second-order valence-corrected chi connectivity index (χ2v) is 3.91. The molecule has 4 nitrogen and oxygen atoms in total. The van der Waals surface area contributed by atoms with E-state index in [9.17, 15) is 0 Å². The van der Waals surface area contributed by atoms with E-state index in [1.165, 1.54) is 4.68 Å². The van der Waals surface area contributed by atoms with Crippen molar-refractivity contribution in [1.82, 2.24) is 14.9 Å². The molecule has 1 aromatic rings. The SMILES string of the molecule is CSCC(C)c1n[nH]c(=S)n1N. The molecular formula is C6H12N4S2. The molecule has 0 aliphatic rings. The molecule has 0 bridgehead atoms. The van der Waals surface area contributed by atoms with Gasteiger partial charge in [0, 0.05) is 11.7 Å². The van der Waals surface area contributed by atoms with Crippen molar-refractivity contribution >= 4 is 24.0 Å². The van der Waals surface area contributed by atoms with Gasteiger partial charge in [0.05, 0.1) is 0 Å². The molecule has 0 saturated carbocycles. The van der Waals surface area contributed by atoms with E-state index in [2.05, 4.69) is 23.4 Å². The fourth-order valence-corrected chi connectivity index (χ4v) is 1.78. The Labute approximate surface area is 80.5 Å². The summed E-state index contributed by atoms with van der Waals surface area (Å²) in [5, 5.41) is 6.70. The molecule has 1 rings (SSSR count). The Hall–Kier alpha value is -0.490. The number of aromatic amines is 1. The highest BCUT2D eigenvalue weighted by Crippen LogP contribution is 2.15. The number of thioether (sulfide) groups is 1. The summed E-state index contributed by atoms with van der Waals surface area (Å²) in [6.07, 6.45) is 2.05. The third-order valence-electron chi connectivity index (χ3n) is 1.59. The van der Waals surface area contributed by atoms with E-state index in [4.69, 9.17) is 18.1 Å². The molecular weight excluding hydrogens is 192 g/mol. The maximum atomic E-state index is 5.64. The van der Waals surface area contributed by atoms with Crippen LogP contribution in [0.2, 0.25) is 0 Å². The van der Waals surface area contributed by atoms with Gasteiger partial charge in [-0.1, -0.05) is 6.92 Å². The predicted octanol–water partition coefficient (Wildman–Crippen LogP) is 1.12. The van der Waals surface area contributed by atoms with Gasteiger partial charge in [0.25, 0.3) is 0 Å². The van der Waals surface area contributed by atoms with E-state index in [-0.39, 0.29) is 0 Å². The first-order valence-electron chi connectivity index (χ1n) is 3.58. The lowest BCUT2D eigenvalue weighted by Gasteiger charge is -2.07. The van der Waals surface area contributed by atoms with Crippen molar-refractivity contribution in [3.8, 4) is 0 Å². The number of H-pyrrole nitrogens is 1. The smallest absolute Gasteiger partial charge is 0.214 e. The van der Waals surface area contributed by atoms with Gasteiger partial charge in [-0.25, -0.2) is 4.68 Å². The van der Waals surface area contributed by atoms with Crippen molar-refractivity contribution < 1.29 is 0 Å². The van der Waals surface area contributed by atoms with Crippen molar-refractivity contribution in [3.05, 3.63) is 10.6 Å². The Morgan fingerprint density at radius 1 is 1.83 bits per heavy atom. The molecule has 1 unspecified atom stereocenters. The minimum absolute atomic E-state index is 0.331. The van der Waals surface area contributed by atoms with Crippen LogP contribution in [0.3, 0.4) is 0 Å². The van der Waals surface area contributed by atoms with Crippen LogP contribution in [0.5, 0.6) is 0 Å². The molecule has 0 amide bonds. The summed E-state index contributed by atoms with van der Waals surface area (Å²) in [6.45, 7) is 2.07. The van der Waals surface area contributed by atoms with Crippen molar-refractivity contribution in [2.75, 3.05) is 17.9 Å². The first-order chi connectivity index (χ1) is 5.66. The Morgan fingerprint density at radius 2 is 2.50 bits per heavy atom. The molecule has 1 aromatic heterocycles. The van der Waals surface area contributed by atoms with E-state index in [0.717, 1.165) is 11.6 Å². The van der Waals surface area contributed by atoms with Gasteiger partial charge in [0.1, 0.15) is 0 Å². The molecule has 6 heteroatoms. The predicted molar refractivity (Wildman–Crippen MR) is 54.4 cm³/mol. The summed E-state index contributed by atoms with van der Waals surface area (Å²) in [5.41, 5.74) is 0. The lowest BCUT2D eigenvalue weighted by molar-refractivity contribution is 0.738. The minimum atomic E-state index is 0.331. The normalized spacial score (nSPS) is 13.2. The molecule has 0 spiro atoms. The number of nitrogen functional groups attached to an aromatic ring is 1. The summed E-state index contributed by atoms with van der Waals surface area (Å²) in [7, 11) is 0. The molecule has 68 valence electrons. The highest BCUT2D eigenvalue weighted by Gasteiger charge is 2.11. The summed E-state index contributed by atoms with van der Waals surface area (Å²) < 4.78 is 1.90. The van der Waals surface area contributed by atoms with Crippen molar-refractivity contribution in [2.45, 2.75) is 12.8 Å². The van der Waals surface area contributed by atoms with E-state index >= 15 is 0 Å². The van der Waals surface area contributed by atoms with E-state index < -0.39 is 0 Å². The van der Waals surface area contributed by atoms with Gasteiger partial charge < -0.3 is 5.84 Å². The molecule has 0 aliphatic carbocycles. The first-order valence-corrected chi connectivity index (χ1v) is 5.38. The zero-order chi connectivity index (χ0) is 9.14. The molecule has 12 heavy (non-hydrogen) atoms. The van der Waals surface area contributed by atoms with Gasteiger partial charge in [-0.05, 0) is 18.5 Å². The number of nitrogens with one attached hydrogen (secondary N) is 1. The maximum Gasteiger partial charge on any atom is 0.214 e. The summed E-state index contributed by atoms with van der Waals surface area (Å²) >= 11 is 6.66. The van der Waals surface area contributed by atoms with Crippen molar-refractivity contribution in [1.29, 1.82) is 0 Å². The summed E-state index contributed by atoms with van der Waals surface area (Å²) in [6, 6.07) is 0. The maximum absolute atomic E-state index is 5.64. The van der Waals surface area contributed by atoms with Gasteiger partial charge in [0.15, 0.2) is 5.82 Å². The van der Waals surface area contributed by atoms with Crippen LogP contribution in [0, 0.1) is 4.77 Å². The van der Waals surface area contributed by atoms with Gasteiger partial charge in [-0.3, -0.25) is 5.10 Å². The lowest BCUT2D eigenvalue weighted by atomic mass is 10.2. The monoisotopic (exact) mass is 204 g/mol. The second kappa shape index (κ2) is 3.95. The molecule has 1 atom stereocenters. The highest BCUT2D eigenvalue weighted by molar-refractivity contribution is 7.98. The lowest BCUT2D eigenvalue weighted by Crippen LogP contribution is -2.15. The number of aromatic nitrogens is 3. The van der Waals surface area contributed by atoms with Crippen LogP contribution in [0.1, 0.15) is 18.7 Å². The van der Waals surface area contributed by atoms with Crippen LogP contribution in [0.25, 0.3) is 0 Å². The molecule has 3 N–H and O–H groups in total. The largest absolute Gasteiger partial charge is 0.335 e. The van der Waals surface area contributed by atoms with E-state index in [1.807, 2.05) is 0 Å². The minimum Gasteiger partial charge on any atom is -0.335 e. The molecule has 0 fully saturated rings. The van der Waals surface area contributed by atoms with Gasteiger partial charge >= 0.3 is 0 Å². The van der Waals surface area contributed by atoms with Crippen molar-refractivity contribution in [3.63, 3.8) is 0 Å².